The van der Waals surface area contributed by atoms with Gasteiger partial charge < -0.3 is 20.3 Å². The minimum atomic E-state index is -0.382. The molecule has 0 spiro atoms. The zero-order valence-corrected chi connectivity index (χ0v) is 14.2. The Labute approximate surface area is 141 Å². The van der Waals surface area contributed by atoms with E-state index in [0.29, 0.717) is 24.7 Å². The molecule has 0 radical (unpaired) electrons. The first kappa shape index (κ1) is 17.9. The summed E-state index contributed by atoms with van der Waals surface area (Å²) >= 11 is 0. The molecule has 0 aliphatic carbocycles. The number of nitrogens with zero attached hydrogens (tertiary/aromatic N) is 2. The summed E-state index contributed by atoms with van der Waals surface area (Å²) in [6.45, 7) is 6.32. The number of hydrogen-bond donors (Lipinski definition) is 3. The van der Waals surface area contributed by atoms with Crippen molar-refractivity contribution in [3.8, 4) is 11.5 Å². The van der Waals surface area contributed by atoms with E-state index < -0.39 is 0 Å². The molecule has 1 atom stereocenters. The highest BCUT2D eigenvalue weighted by molar-refractivity contribution is 5.74. The highest BCUT2D eigenvalue weighted by Crippen LogP contribution is 2.19. The van der Waals surface area contributed by atoms with Gasteiger partial charge in [0.25, 0.3) is 5.89 Å². The number of carbonyl (C=O) groups excluding carboxylic acids is 1. The van der Waals surface area contributed by atoms with Crippen LogP contribution < -0.4 is 10.6 Å². The summed E-state index contributed by atoms with van der Waals surface area (Å²) in [5.41, 5.74) is 0.667. The molecule has 1 aromatic heterocycles. The third kappa shape index (κ3) is 5.06. The highest BCUT2D eigenvalue weighted by Gasteiger charge is 2.20. The molecule has 0 aliphatic heterocycles. The van der Waals surface area contributed by atoms with Crippen LogP contribution in [0.1, 0.15) is 39.1 Å². The van der Waals surface area contributed by atoms with Crippen LogP contribution in [0.4, 0.5) is 4.79 Å². The van der Waals surface area contributed by atoms with E-state index in [9.17, 15) is 4.79 Å². The van der Waals surface area contributed by atoms with Crippen molar-refractivity contribution in [3.63, 3.8) is 0 Å². The second-order valence-corrected chi connectivity index (χ2v) is 6.51. The predicted octanol–water partition coefficient (Wildman–Crippen LogP) is 2.51. The Kier molecular flexibility index (Phi) is 5.92. The van der Waals surface area contributed by atoms with Gasteiger partial charge in [-0.25, -0.2) is 4.79 Å². The number of urea groups is 1. The molecule has 0 saturated carbocycles. The van der Waals surface area contributed by atoms with Crippen LogP contribution in [0, 0.1) is 5.41 Å². The number of benzene rings is 1. The fraction of sp³-hybridized carbons (Fsp3) is 0.471. The molecule has 1 aromatic carbocycles. The van der Waals surface area contributed by atoms with Crippen molar-refractivity contribution in [2.24, 2.45) is 5.41 Å². The van der Waals surface area contributed by atoms with Gasteiger partial charge in [-0.05, 0) is 30.9 Å². The smallest absolute Gasteiger partial charge is 0.315 e. The van der Waals surface area contributed by atoms with Gasteiger partial charge in [0.15, 0.2) is 5.82 Å². The number of amides is 2. The number of carbonyl (C=O) groups is 1. The number of aliphatic hydroxyl groups excluding tert-OH is 1. The number of nitrogens with one attached hydrogen (secondary N) is 2. The van der Waals surface area contributed by atoms with E-state index in [0.717, 1.165) is 5.56 Å². The van der Waals surface area contributed by atoms with Crippen LogP contribution in [-0.2, 0) is 0 Å². The average molecular weight is 332 g/mol. The summed E-state index contributed by atoms with van der Waals surface area (Å²) in [4.78, 5) is 16.3. The first-order valence-corrected chi connectivity index (χ1v) is 7.95. The third-order valence-electron chi connectivity index (χ3n) is 3.71. The quantitative estimate of drug-likeness (QED) is 0.723. The first-order valence-electron chi connectivity index (χ1n) is 7.95. The summed E-state index contributed by atoms with van der Waals surface area (Å²) in [5.74, 6) is 0.836. The van der Waals surface area contributed by atoms with Crippen molar-refractivity contribution in [1.82, 2.24) is 20.8 Å². The minimum absolute atomic E-state index is 0.0951. The SMILES string of the molecule is CC(NC(=O)NCC(C)(C)CCO)c1noc(-c2ccccc2)n1. The average Bonchev–Trinajstić information content (AvgIpc) is 3.04. The van der Waals surface area contributed by atoms with E-state index in [1.54, 1.807) is 6.92 Å². The molecule has 7 nitrogen and oxygen atoms in total. The van der Waals surface area contributed by atoms with Crippen LogP contribution in [0.5, 0.6) is 0 Å². The molecular formula is C17H24N4O3. The van der Waals surface area contributed by atoms with Crippen molar-refractivity contribution in [3.05, 3.63) is 36.2 Å². The Balaban J connectivity index is 1.89. The standard InChI is InChI=1S/C17H24N4O3/c1-12(19-16(23)18-11-17(2,3)9-10-22)14-20-15(24-21-14)13-7-5-4-6-8-13/h4-8,12,22H,9-11H2,1-3H3,(H2,18,19,23). The molecule has 3 N–H and O–H groups in total. The summed E-state index contributed by atoms with van der Waals surface area (Å²) in [6.07, 6.45) is 0.619. The van der Waals surface area contributed by atoms with E-state index in [4.69, 9.17) is 9.63 Å². The molecule has 1 heterocycles. The molecule has 130 valence electrons. The fourth-order valence-electron chi connectivity index (χ4n) is 2.13. The molecule has 0 aliphatic rings. The van der Waals surface area contributed by atoms with Gasteiger partial charge in [0, 0.05) is 18.7 Å². The summed E-state index contributed by atoms with van der Waals surface area (Å²) in [5, 5.41) is 18.5. The van der Waals surface area contributed by atoms with Crippen molar-refractivity contribution in [2.45, 2.75) is 33.2 Å². The molecule has 1 unspecified atom stereocenters. The first-order chi connectivity index (χ1) is 11.4. The van der Waals surface area contributed by atoms with Crippen LogP contribution in [0.15, 0.2) is 34.9 Å². The van der Waals surface area contributed by atoms with Crippen molar-refractivity contribution >= 4 is 6.03 Å². The Morgan fingerprint density at radius 2 is 2.04 bits per heavy atom. The highest BCUT2D eigenvalue weighted by atomic mass is 16.5. The molecule has 24 heavy (non-hydrogen) atoms. The van der Waals surface area contributed by atoms with Gasteiger partial charge in [0.2, 0.25) is 0 Å². The Hall–Kier alpha value is -2.41. The van der Waals surface area contributed by atoms with E-state index in [2.05, 4.69) is 20.8 Å². The third-order valence-corrected chi connectivity index (χ3v) is 3.71. The lowest BCUT2D eigenvalue weighted by molar-refractivity contribution is 0.200. The van der Waals surface area contributed by atoms with Crippen LogP contribution >= 0.6 is 0 Å². The molecule has 2 aromatic rings. The summed E-state index contributed by atoms with van der Waals surface area (Å²) < 4.78 is 5.24. The maximum atomic E-state index is 12.0. The lowest BCUT2D eigenvalue weighted by atomic mass is 9.90. The number of aromatic nitrogens is 2. The number of hydrogen-bond acceptors (Lipinski definition) is 5. The Morgan fingerprint density at radius 1 is 1.33 bits per heavy atom. The summed E-state index contributed by atoms with van der Waals surface area (Å²) in [6, 6.07) is 8.77. The van der Waals surface area contributed by atoms with Gasteiger partial charge in [0.1, 0.15) is 0 Å². The number of rotatable bonds is 7. The topological polar surface area (TPSA) is 100 Å². The maximum absolute atomic E-state index is 12.0. The van der Waals surface area contributed by atoms with E-state index in [1.807, 2.05) is 44.2 Å². The predicted molar refractivity (Wildman–Crippen MR) is 90.2 cm³/mol. The normalized spacial score (nSPS) is 12.7. The number of aliphatic hydroxyl groups is 1. The molecule has 2 amide bonds. The Bertz CT molecular complexity index is 655. The zero-order chi connectivity index (χ0) is 17.6. The van der Waals surface area contributed by atoms with Gasteiger partial charge in [-0.2, -0.15) is 4.98 Å². The van der Waals surface area contributed by atoms with Crippen LogP contribution in [0.2, 0.25) is 0 Å². The molecule has 0 fully saturated rings. The largest absolute Gasteiger partial charge is 0.396 e. The Morgan fingerprint density at radius 3 is 2.71 bits per heavy atom. The van der Waals surface area contributed by atoms with Gasteiger partial charge in [0.05, 0.1) is 6.04 Å². The monoisotopic (exact) mass is 332 g/mol. The van der Waals surface area contributed by atoms with E-state index in [-0.39, 0.29) is 24.1 Å². The van der Waals surface area contributed by atoms with Gasteiger partial charge in [-0.1, -0.05) is 37.2 Å². The molecule has 0 bridgehead atoms. The second kappa shape index (κ2) is 7.92. The lowest BCUT2D eigenvalue weighted by Gasteiger charge is -2.24. The molecule has 2 rings (SSSR count). The zero-order valence-electron chi connectivity index (χ0n) is 14.2. The van der Waals surface area contributed by atoms with Crippen LogP contribution in [0.3, 0.4) is 0 Å². The van der Waals surface area contributed by atoms with Crippen molar-refractivity contribution < 1.29 is 14.4 Å². The van der Waals surface area contributed by atoms with Gasteiger partial charge in [-0.3, -0.25) is 0 Å². The van der Waals surface area contributed by atoms with E-state index >= 15 is 0 Å². The molecule has 7 heteroatoms. The van der Waals surface area contributed by atoms with Gasteiger partial charge >= 0.3 is 6.03 Å². The van der Waals surface area contributed by atoms with Gasteiger partial charge in [-0.15, -0.1) is 0 Å². The maximum Gasteiger partial charge on any atom is 0.315 e. The summed E-state index contributed by atoms with van der Waals surface area (Å²) in [7, 11) is 0. The van der Waals surface area contributed by atoms with Crippen LogP contribution in [-0.4, -0.2) is 34.4 Å². The molecule has 0 saturated heterocycles. The molecular weight excluding hydrogens is 308 g/mol. The van der Waals surface area contributed by atoms with Crippen LogP contribution in [0.25, 0.3) is 11.5 Å². The van der Waals surface area contributed by atoms with E-state index in [1.165, 1.54) is 0 Å². The van der Waals surface area contributed by atoms with Crippen molar-refractivity contribution in [1.29, 1.82) is 0 Å². The van der Waals surface area contributed by atoms with Crippen molar-refractivity contribution in [2.75, 3.05) is 13.2 Å². The fourth-order valence-corrected chi connectivity index (χ4v) is 2.13. The second-order valence-electron chi connectivity index (χ2n) is 6.51. The lowest BCUT2D eigenvalue weighted by Crippen LogP contribution is -2.42. The minimum Gasteiger partial charge on any atom is -0.396 e.